The molecule has 0 aliphatic heterocycles. The van der Waals surface area contributed by atoms with Gasteiger partial charge in [0.05, 0.1) is 16.3 Å². The quantitative estimate of drug-likeness (QED) is 0.580. The summed E-state index contributed by atoms with van der Waals surface area (Å²) >= 11 is 1.38. The number of aromatic nitrogens is 2. The summed E-state index contributed by atoms with van der Waals surface area (Å²) in [6.45, 7) is 2.08. The van der Waals surface area contributed by atoms with Crippen molar-refractivity contribution in [2.45, 2.75) is 13.5 Å². The highest BCUT2D eigenvalue weighted by atomic mass is 32.1. The second kappa shape index (κ2) is 6.72. The van der Waals surface area contributed by atoms with Crippen molar-refractivity contribution in [3.63, 3.8) is 0 Å². The number of carbonyl (C=O) groups is 1. The normalized spacial score (nSPS) is 11.0. The van der Waals surface area contributed by atoms with Crippen molar-refractivity contribution in [2.75, 3.05) is 0 Å². The summed E-state index contributed by atoms with van der Waals surface area (Å²) in [4.78, 5) is 14.0. The molecule has 4 nitrogen and oxygen atoms in total. The molecule has 2 aromatic carbocycles. The van der Waals surface area contributed by atoms with Crippen LogP contribution in [0.25, 0.3) is 15.9 Å². The summed E-state index contributed by atoms with van der Waals surface area (Å²) in [5.74, 6) is -0.534. The van der Waals surface area contributed by atoms with Crippen molar-refractivity contribution >= 4 is 27.5 Å². The van der Waals surface area contributed by atoms with E-state index in [0.717, 1.165) is 21.6 Å². The van der Waals surface area contributed by atoms with E-state index < -0.39 is 0 Å². The van der Waals surface area contributed by atoms with Crippen LogP contribution in [0.3, 0.4) is 0 Å². The first-order valence-electron chi connectivity index (χ1n) is 8.19. The number of para-hydroxylation sites is 1. The van der Waals surface area contributed by atoms with Crippen molar-refractivity contribution in [3.8, 4) is 5.69 Å². The van der Waals surface area contributed by atoms with Crippen LogP contribution in [-0.4, -0.2) is 15.7 Å². The number of hydrogen-bond acceptors (Lipinski definition) is 3. The first-order chi connectivity index (χ1) is 12.6. The van der Waals surface area contributed by atoms with Crippen LogP contribution in [0.1, 0.15) is 20.9 Å². The Labute approximate surface area is 153 Å². The molecule has 0 atom stereocenters. The highest BCUT2D eigenvalue weighted by molar-refractivity contribution is 7.20. The lowest BCUT2D eigenvalue weighted by Gasteiger charge is -2.05. The summed E-state index contributed by atoms with van der Waals surface area (Å²) in [6.07, 6.45) is 0. The van der Waals surface area contributed by atoms with Crippen LogP contribution >= 0.6 is 11.3 Å². The Kier molecular flexibility index (Phi) is 4.26. The molecule has 130 valence electrons. The van der Waals surface area contributed by atoms with E-state index in [0.29, 0.717) is 10.4 Å². The van der Waals surface area contributed by atoms with Crippen LogP contribution in [0.4, 0.5) is 4.39 Å². The number of benzene rings is 2. The van der Waals surface area contributed by atoms with Crippen LogP contribution < -0.4 is 5.32 Å². The minimum Gasteiger partial charge on any atom is -0.347 e. The number of amides is 1. The lowest BCUT2D eigenvalue weighted by atomic mass is 10.2. The molecule has 0 fully saturated rings. The number of nitrogens with zero attached hydrogens (tertiary/aromatic N) is 2. The van der Waals surface area contributed by atoms with E-state index in [2.05, 4.69) is 10.4 Å². The van der Waals surface area contributed by atoms with Gasteiger partial charge in [-0.15, -0.1) is 11.3 Å². The number of aryl methyl sites for hydroxylation is 1. The average molecular weight is 365 g/mol. The molecule has 0 aliphatic carbocycles. The molecule has 2 aromatic heterocycles. The Hall–Kier alpha value is -2.99. The molecule has 0 radical (unpaired) electrons. The lowest BCUT2D eigenvalue weighted by Crippen LogP contribution is -2.22. The van der Waals surface area contributed by atoms with Gasteiger partial charge in [0.1, 0.15) is 10.6 Å². The first kappa shape index (κ1) is 16.5. The molecular formula is C20H16FN3OS. The fourth-order valence-electron chi connectivity index (χ4n) is 2.81. The summed E-state index contributed by atoms with van der Waals surface area (Å²) in [5, 5.41) is 8.31. The molecule has 1 amide bonds. The van der Waals surface area contributed by atoms with Gasteiger partial charge in [-0.1, -0.05) is 36.4 Å². The van der Waals surface area contributed by atoms with Crippen LogP contribution in [0.5, 0.6) is 0 Å². The van der Waals surface area contributed by atoms with Crippen molar-refractivity contribution < 1.29 is 9.18 Å². The molecule has 0 saturated heterocycles. The molecule has 6 heteroatoms. The summed E-state index contributed by atoms with van der Waals surface area (Å²) in [7, 11) is 0. The van der Waals surface area contributed by atoms with Gasteiger partial charge in [-0.2, -0.15) is 5.10 Å². The van der Waals surface area contributed by atoms with Gasteiger partial charge in [-0.3, -0.25) is 4.79 Å². The molecule has 0 saturated carbocycles. The van der Waals surface area contributed by atoms with Gasteiger partial charge >= 0.3 is 0 Å². The fourth-order valence-corrected chi connectivity index (χ4v) is 3.91. The van der Waals surface area contributed by atoms with E-state index in [-0.39, 0.29) is 18.3 Å². The van der Waals surface area contributed by atoms with E-state index in [1.54, 1.807) is 18.2 Å². The topological polar surface area (TPSA) is 46.9 Å². The number of carbonyl (C=O) groups excluding carboxylic acids is 1. The minimum absolute atomic E-state index is 0.156. The predicted molar refractivity (Wildman–Crippen MR) is 101 cm³/mol. The zero-order chi connectivity index (χ0) is 18.1. The second-order valence-electron chi connectivity index (χ2n) is 5.94. The number of thiophene rings is 1. The average Bonchev–Trinajstić information content (AvgIpc) is 3.22. The predicted octanol–water partition coefficient (Wildman–Crippen LogP) is 4.46. The monoisotopic (exact) mass is 365 g/mol. The highest BCUT2D eigenvalue weighted by Gasteiger charge is 2.17. The largest absolute Gasteiger partial charge is 0.347 e. The standard InChI is InChI=1S/C20H16FN3OS/c1-13-16-11-18(19(25)22-12-14-7-5-6-10-17(14)21)26-20(16)24(23-13)15-8-3-2-4-9-15/h2-11H,12H2,1H3,(H,22,25). The van der Waals surface area contributed by atoms with Gasteiger partial charge in [0.15, 0.2) is 0 Å². The van der Waals surface area contributed by atoms with Crippen LogP contribution in [-0.2, 0) is 6.54 Å². The van der Waals surface area contributed by atoms with Crippen molar-refractivity contribution in [1.29, 1.82) is 0 Å². The number of rotatable bonds is 4. The van der Waals surface area contributed by atoms with Gasteiger partial charge in [0.25, 0.3) is 5.91 Å². The number of fused-ring (bicyclic) bond motifs is 1. The fraction of sp³-hybridized carbons (Fsp3) is 0.100. The third-order valence-electron chi connectivity index (χ3n) is 4.17. The third kappa shape index (κ3) is 2.99. The van der Waals surface area contributed by atoms with E-state index in [1.165, 1.54) is 17.4 Å². The Bertz CT molecular complexity index is 1090. The Morgan fingerprint density at radius 1 is 1.15 bits per heavy atom. The first-order valence-corrected chi connectivity index (χ1v) is 9.01. The van der Waals surface area contributed by atoms with Crippen LogP contribution in [0.15, 0.2) is 60.7 Å². The summed E-state index contributed by atoms with van der Waals surface area (Å²) in [6, 6.07) is 18.1. The molecule has 4 aromatic rings. The molecule has 26 heavy (non-hydrogen) atoms. The SMILES string of the molecule is Cc1nn(-c2ccccc2)c2sc(C(=O)NCc3ccccc3F)cc12. The molecular weight excluding hydrogens is 349 g/mol. The summed E-state index contributed by atoms with van der Waals surface area (Å²) < 4.78 is 15.5. The number of hydrogen-bond donors (Lipinski definition) is 1. The molecule has 1 N–H and O–H groups in total. The summed E-state index contributed by atoms with van der Waals surface area (Å²) in [5.41, 5.74) is 2.28. The van der Waals surface area contributed by atoms with Gasteiger partial charge < -0.3 is 5.32 Å². The van der Waals surface area contributed by atoms with Gasteiger partial charge in [-0.05, 0) is 31.2 Å². The van der Waals surface area contributed by atoms with Gasteiger partial charge in [-0.25, -0.2) is 9.07 Å². The molecule has 0 unspecified atom stereocenters. The van der Waals surface area contributed by atoms with Crippen molar-refractivity contribution in [3.05, 3.63) is 82.6 Å². The van der Waals surface area contributed by atoms with Gasteiger partial charge in [0.2, 0.25) is 0 Å². The molecule has 0 bridgehead atoms. The molecule has 0 spiro atoms. The third-order valence-corrected chi connectivity index (χ3v) is 5.28. The number of halogens is 1. The zero-order valence-corrected chi connectivity index (χ0v) is 14.9. The minimum atomic E-state index is -0.320. The van der Waals surface area contributed by atoms with E-state index in [1.807, 2.05) is 48.0 Å². The maximum Gasteiger partial charge on any atom is 0.261 e. The highest BCUT2D eigenvalue weighted by Crippen LogP contribution is 2.30. The molecule has 0 aliphatic rings. The molecule has 2 heterocycles. The van der Waals surface area contributed by atoms with Gasteiger partial charge in [0, 0.05) is 17.5 Å². The van der Waals surface area contributed by atoms with Crippen molar-refractivity contribution in [1.82, 2.24) is 15.1 Å². The molecule has 4 rings (SSSR count). The Morgan fingerprint density at radius 3 is 2.65 bits per heavy atom. The lowest BCUT2D eigenvalue weighted by molar-refractivity contribution is 0.0954. The second-order valence-corrected chi connectivity index (χ2v) is 6.97. The number of nitrogens with one attached hydrogen (secondary N) is 1. The Balaban J connectivity index is 1.61. The van der Waals surface area contributed by atoms with Crippen LogP contribution in [0.2, 0.25) is 0 Å². The maximum atomic E-state index is 13.7. The van der Waals surface area contributed by atoms with E-state index in [9.17, 15) is 9.18 Å². The smallest absolute Gasteiger partial charge is 0.261 e. The van der Waals surface area contributed by atoms with E-state index in [4.69, 9.17) is 0 Å². The van der Waals surface area contributed by atoms with Crippen molar-refractivity contribution in [2.24, 2.45) is 0 Å². The Morgan fingerprint density at radius 2 is 1.88 bits per heavy atom. The maximum absolute atomic E-state index is 13.7. The van der Waals surface area contributed by atoms with Crippen LogP contribution in [0, 0.1) is 12.7 Å². The van der Waals surface area contributed by atoms with E-state index >= 15 is 0 Å². The zero-order valence-electron chi connectivity index (χ0n) is 14.1.